The van der Waals surface area contributed by atoms with Crippen molar-refractivity contribution in [3.8, 4) is 11.6 Å². The van der Waals surface area contributed by atoms with Crippen molar-refractivity contribution < 1.29 is 14.6 Å². The Morgan fingerprint density at radius 2 is 1.85 bits per heavy atom. The zero-order valence-electron chi connectivity index (χ0n) is 22.8. The van der Waals surface area contributed by atoms with Crippen molar-refractivity contribution in [2.75, 3.05) is 70.2 Å². The first-order chi connectivity index (χ1) is 19.0. The van der Waals surface area contributed by atoms with Gasteiger partial charge in [0.25, 0.3) is 0 Å². The van der Waals surface area contributed by atoms with Crippen LogP contribution >= 0.6 is 0 Å². The SMILES string of the molecule is CN1CCN(c2ccc3cc2OCCCCCC(=O)N(C)CCCNc2ncnc4[nH]c(O)c(c24)C=N3)CC1. The standard InChI is InChI=1S/C28H38N8O3/c1-34-12-14-36(15-13-34)22-9-8-20-17-23(22)39-16-5-3-4-7-24(37)35(2)11-6-10-29-26-25-21(18-30-20)28(38)33-27(25)32-19-31-26/h8-9,17-19,38H,3-7,10-16H2,1-2H3,(H2,29,31,32,33). The van der Waals surface area contributed by atoms with Crippen LogP contribution in [-0.4, -0.2) is 102 Å². The summed E-state index contributed by atoms with van der Waals surface area (Å²) in [5.41, 5.74) is 2.83. The molecule has 3 aromatic rings. The van der Waals surface area contributed by atoms with E-state index in [4.69, 9.17) is 9.73 Å². The van der Waals surface area contributed by atoms with E-state index < -0.39 is 0 Å². The molecule has 0 aliphatic carbocycles. The third kappa shape index (κ3) is 6.42. The highest BCUT2D eigenvalue weighted by molar-refractivity contribution is 6.06. The van der Waals surface area contributed by atoms with Crippen LogP contribution in [0.1, 0.15) is 37.7 Å². The molecule has 1 aromatic carbocycles. The van der Waals surface area contributed by atoms with E-state index >= 15 is 0 Å². The number of carbonyl (C=O) groups is 1. The van der Waals surface area contributed by atoms with Crippen LogP contribution in [0.2, 0.25) is 0 Å². The lowest BCUT2D eigenvalue weighted by Gasteiger charge is -2.35. The summed E-state index contributed by atoms with van der Waals surface area (Å²) in [6, 6.07) is 6.01. The summed E-state index contributed by atoms with van der Waals surface area (Å²) >= 11 is 0. The van der Waals surface area contributed by atoms with E-state index in [1.54, 1.807) is 11.1 Å². The molecule has 208 valence electrons. The number of benzene rings is 1. The number of aliphatic imine (C=N–C) groups is 1. The van der Waals surface area contributed by atoms with Crippen LogP contribution in [0.15, 0.2) is 29.5 Å². The average Bonchev–Trinajstić information content (AvgIpc) is 3.27. The predicted octanol–water partition coefficient (Wildman–Crippen LogP) is 3.38. The maximum atomic E-state index is 12.6. The van der Waals surface area contributed by atoms with Crippen LogP contribution in [0.25, 0.3) is 11.0 Å². The Morgan fingerprint density at radius 1 is 1.00 bits per heavy atom. The lowest BCUT2D eigenvalue weighted by molar-refractivity contribution is -0.130. The molecule has 2 aliphatic rings. The average molecular weight is 535 g/mol. The molecule has 0 radical (unpaired) electrons. The molecule has 5 rings (SSSR count). The second-order valence-corrected chi connectivity index (χ2v) is 10.3. The van der Waals surface area contributed by atoms with Crippen molar-refractivity contribution in [3.05, 3.63) is 30.1 Å². The highest BCUT2D eigenvalue weighted by atomic mass is 16.5. The Morgan fingerprint density at radius 3 is 2.69 bits per heavy atom. The molecular weight excluding hydrogens is 496 g/mol. The second-order valence-electron chi connectivity index (χ2n) is 10.3. The number of nitrogens with zero attached hydrogens (tertiary/aromatic N) is 6. The number of aromatic hydroxyl groups is 1. The number of piperazine rings is 1. The molecule has 2 bridgehead atoms. The molecular formula is C28H38N8O3. The van der Waals surface area contributed by atoms with E-state index in [-0.39, 0.29) is 11.8 Å². The Bertz CT molecular complexity index is 1320. The van der Waals surface area contributed by atoms with Crippen molar-refractivity contribution >= 4 is 40.3 Å². The Labute approximate surface area is 228 Å². The number of rotatable bonds is 1. The molecule has 2 aliphatic heterocycles. The number of anilines is 2. The van der Waals surface area contributed by atoms with Gasteiger partial charge in [0.2, 0.25) is 5.91 Å². The van der Waals surface area contributed by atoms with Gasteiger partial charge in [-0.05, 0) is 44.9 Å². The number of nitrogens with one attached hydrogen (secondary N) is 2. The Balaban J connectivity index is 1.46. The van der Waals surface area contributed by atoms with Gasteiger partial charge in [-0.1, -0.05) is 0 Å². The summed E-state index contributed by atoms with van der Waals surface area (Å²) in [6.45, 7) is 5.72. The molecule has 3 N–H and O–H groups in total. The highest BCUT2D eigenvalue weighted by Gasteiger charge is 2.19. The number of hydrogen-bond donors (Lipinski definition) is 3. The van der Waals surface area contributed by atoms with Crippen molar-refractivity contribution in [3.63, 3.8) is 0 Å². The lowest BCUT2D eigenvalue weighted by atomic mass is 10.1. The van der Waals surface area contributed by atoms with Crippen LogP contribution in [0.4, 0.5) is 17.2 Å². The number of ether oxygens (including phenoxy) is 1. The quantitative estimate of drug-likeness (QED) is 0.434. The largest absolute Gasteiger partial charge is 0.494 e. The number of fused-ring (bicyclic) bond motifs is 2. The van der Waals surface area contributed by atoms with Gasteiger partial charge in [0, 0.05) is 65.0 Å². The molecule has 2 aromatic heterocycles. The summed E-state index contributed by atoms with van der Waals surface area (Å²) in [5.74, 6) is 1.55. The monoisotopic (exact) mass is 534 g/mol. The van der Waals surface area contributed by atoms with E-state index in [0.29, 0.717) is 48.5 Å². The third-order valence-corrected chi connectivity index (χ3v) is 7.42. The molecule has 11 heteroatoms. The fourth-order valence-corrected chi connectivity index (χ4v) is 5.02. The predicted molar refractivity (Wildman–Crippen MR) is 154 cm³/mol. The molecule has 4 heterocycles. The van der Waals surface area contributed by atoms with Gasteiger partial charge in [-0.2, -0.15) is 0 Å². The first-order valence-corrected chi connectivity index (χ1v) is 13.8. The van der Waals surface area contributed by atoms with Crippen LogP contribution in [0, 0.1) is 0 Å². The second kappa shape index (κ2) is 12.3. The summed E-state index contributed by atoms with van der Waals surface area (Å²) in [6.07, 6.45) is 7.06. The molecule has 1 fully saturated rings. The van der Waals surface area contributed by atoms with Crippen LogP contribution < -0.4 is 15.0 Å². The topological polar surface area (TPSA) is 122 Å². The summed E-state index contributed by atoms with van der Waals surface area (Å²) in [5, 5.41) is 14.7. The maximum absolute atomic E-state index is 12.6. The summed E-state index contributed by atoms with van der Waals surface area (Å²) < 4.78 is 6.30. The van der Waals surface area contributed by atoms with Gasteiger partial charge in [0.15, 0.2) is 5.88 Å². The van der Waals surface area contributed by atoms with E-state index in [2.05, 4.69) is 43.2 Å². The number of amides is 1. The summed E-state index contributed by atoms with van der Waals surface area (Å²) in [4.78, 5) is 35.4. The zero-order valence-corrected chi connectivity index (χ0v) is 22.8. The van der Waals surface area contributed by atoms with Crippen molar-refractivity contribution in [1.82, 2.24) is 24.8 Å². The Kier molecular flexibility index (Phi) is 8.45. The minimum absolute atomic E-state index is 0.0182. The van der Waals surface area contributed by atoms with Gasteiger partial charge < -0.3 is 34.8 Å². The number of H-pyrrole nitrogens is 1. The van der Waals surface area contributed by atoms with Gasteiger partial charge >= 0.3 is 0 Å². The van der Waals surface area contributed by atoms with Gasteiger partial charge in [-0.25, -0.2) is 9.97 Å². The first kappa shape index (κ1) is 26.7. The molecule has 0 spiro atoms. The van der Waals surface area contributed by atoms with Crippen LogP contribution in [-0.2, 0) is 4.79 Å². The Hall–Kier alpha value is -3.86. The maximum Gasteiger partial charge on any atom is 0.222 e. The third-order valence-electron chi connectivity index (χ3n) is 7.42. The number of likely N-dealkylation sites (N-methyl/N-ethyl adjacent to an activating group) is 1. The highest BCUT2D eigenvalue weighted by Crippen LogP contribution is 2.35. The fourth-order valence-electron chi connectivity index (χ4n) is 5.02. The number of aromatic amines is 1. The number of aromatic nitrogens is 3. The molecule has 1 saturated heterocycles. The van der Waals surface area contributed by atoms with E-state index in [9.17, 15) is 9.90 Å². The molecule has 11 nitrogen and oxygen atoms in total. The van der Waals surface area contributed by atoms with E-state index in [1.807, 2.05) is 19.2 Å². The van der Waals surface area contributed by atoms with Crippen molar-refractivity contribution in [1.29, 1.82) is 0 Å². The minimum Gasteiger partial charge on any atom is -0.494 e. The number of carbonyl (C=O) groups excluding carboxylic acids is 1. The zero-order chi connectivity index (χ0) is 27.2. The van der Waals surface area contributed by atoms with Gasteiger partial charge in [-0.3, -0.25) is 9.79 Å². The molecule has 1 amide bonds. The number of hydrogen-bond acceptors (Lipinski definition) is 9. The molecule has 0 saturated carbocycles. The van der Waals surface area contributed by atoms with Crippen molar-refractivity contribution in [2.45, 2.75) is 32.1 Å². The molecule has 0 unspecified atom stereocenters. The van der Waals surface area contributed by atoms with E-state index in [0.717, 1.165) is 69.0 Å². The normalized spacial score (nSPS) is 18.6. The minimum atomic E-state index is -0.0182. The van der Waals surface area contributed by atoms with Crippen LogP contribution in [0.5, 0.6) is 11.6 Å². The van der Waals surface area contributed by atoms with Gasteiger partial charge in [-0.15, -0.1) is 0 Å². The molecule has 39 heavy (non-hydrogen) atoms. The van der Waals surface area contributed by atoms with E-state index in [1.165, 1.54) is 6.33 Å². The summed E-state index contributed by atoms with van der Waals surface area (Å²) in [7, 11) is 4.00. The van der Waals surface area contributed by atoms with Gasteiger partial charge in [0.1, 0.15) is 23.5 Å². The smallest absolute Gasteiger partial charge is 0.222 e. The molecule has 0 atom stereocenters. The fraction of sp³-hybridized carbons (Fsp3) is 0.500. The van der Waals surface area contributed by atoms with Crippen molar-refractivity contribution in [2.24, 2.45) is 4.99 Å². The lowest BCUT2D eigenvalue weighted by Crippen LogP contribution is -2.44. The van der Waals surface area contributed by atoms with Gasteiger partial charge in [0.05, 0.1) is 28.9 Å². The van der Waals surface area contributed by atoms with Crippen LogP contribution in [0.3, 0.4) is 0 Å². The first-order valence-electron chi connectivity index (χ1n) is 13.8.